The first-order valence-electron chi connectivity index (χ1n) is 7.94. The van der Waals surface area contributed by atoms with Gasteiger partial charge in [-0.25, -0.2) is 14.8 Å². The number of rotatable bonds is 7. The van der Waals surface area contributed by atoms with Gasteiger partial charge in [-0.1, -0.05) is 6.07 Å². The number of nitrogens with zero attached hydrogens (tertiary/aromatic N) is 3. The topological polar surface area (TPSA) is 99.5 Å². The van der Waals surface area contributed by atoms with Gasteiger partial charge >= 0.3 is 5.97 Å². The highest BCUT2D eigenvalue weighted by Crippen LogP contribution is 2.28. The lowest BCUT2D eigenvalue weighted by atomic mass is 10.2. The highest BCUT2D eigenvalue weighted by atomic mass is 16.4. The van der Waals surface area contributed by atoms with Crippen molar-refractivity contribution in [3.8, 4) is 0 Å². The molecule has 7 nitrogen and oxygen atoms in total. The van der Waals surface area contributed by atoms with E-state index in [0.717, 1.165) is 24.1 Å². The van der Waals surface area contributed by atoms with E-state index in [1.165, 1.54) is 6.20 Å². The molecule has 1 aliphatic carbocycles. The molecule has 2 heterocycles. The number of carboxylic acid groups (broad SMARTS) is 1. The van der Waals surface area contributed by atoms with Crippen LogP contribution in [-0.2, 0) is 0 Å². The van der Waals surface area contributed by atoms with Crippen molar-refractivity contribution in [2.45, 2.75) is 25.8 Å². The maximum atomic E-state index is 11.3. The summed E-state index contributed by atoms with van der Waals surface area (Å²) in [4.78, 5) is 23.7. The van der Waals surface area contributed by atoms with Gasteiger partial charge in [0.05, 0.1) is 11.4 Å². The molecule has 128 valence electrons. The number of aromatic nitrogens is 2. The van der Waals surface area contributed by atoms with Crippen molar-refractivity contribution in [1.82, 2.24) is 9.97 Å². The third-order valence-corrected chi connectivity index (χ3v) is 3.80. The number of carbonyl (C=O) groups is 1. The lowest BCUT2D eigenvalue weighted by Crippen LogP contribution is -2.09. The lowest BCUT2D eigenvalue weighted by molar-refractivity contribution is 0.0697. The average molecular weight is 337 g/mol. The molecule has 0 radical (unpaired) electrons. The summed E-state index contributed by atoms with van der Waals surface area (Å²) >= 11 is 0. The van der Waals surface area contributed by atoms with E-state index in [1.807, 2.05) is 19.1 Å². The number of aryl methyl sites for hydroxylation is 1. The Balaban J connectivity index is 1.86. The van der Waals surface area contributed by atoms with Gasteiger partial charge in [0.25, 0.3) is 0 Å². The molecular formula is C18H19N5O2. The third-order valence-electron chi connectivity index (χ3n) is 3.80. The summed E-state index contributed by atoms with van der Waals surface area (Å²) in [5, 5.41) is 15.6. The number of hydrogen-bond donors (Lipinski definition) is 3. The fourth-order valence-electron chi connectivity index (χ4n) is 2.30. The quantitative estimate of drug-likeness (QED) is 0.669. The van der Waals surface area contributed by atoms with Gasteiger partial charge in [-0.3, -0.25) is 4.99 Å². The Kier molecular flexibility index (Phi) is 4.74. The van der Waals surface area contributed by atoms with Crippen molar-refractivity contribution in [3.05, 3.63) is 47.4 Å². The second-order valence-electron chi connectivity index (χ2n) is 5.86. The Bertz CT molecular complexity index is 843. The highest BCUT2D eigenvalue weighted by Gasteiger charge is 2.23. The number of anilines is 3. The van der Waals surface area contributed by atoms with Crippen molar-refractivity contribution in [3.63, 3.8) is 0 Å². The fraction of sp³-hybridized carbons (Fsp3) is 0.222. The van der Waals surface area contributed by atoms with Gasteiger partial charge in [0.1, 0.15) is 17.2 Å². The van der Waals surface area contributed by atoms with Crippen molar-refractivity contribution in [2.24, 2.45) is 4.99 Å². The summed E-state index contributed by atoms with van der Waals surface area (Å²) in [5.74, 6) is 0.142. The first kappa shape index (κ1) is 16.6. The first-order chi connectivity index (χ1) is 12.1. The van der Waals surface area contributed by atoms with Crippen LogP contribution in [0.1, 0.15) is 34.5 Å². The largest absolute Gasteiger partial charge is 0.478 e. The van der Waals surface area contributed by atoms with E-state index in [1.54, 1.807) is 18.3 Å². The van der Waals surface area contributed by atoms with Gasteiger partial charge in [-0.15, -0.1) is 0 Å². The molecule has 0 amide bonds. The molecule has 2 aromatic rings. The molecule has 0 bridgehead atoms. The van der Waals surface area contributed by atoms with Crippen LogP contribution in [0.2, 0.25) is 0 Å². The number of pyridine rings is 2. The standard InChI is InChI=1S/C18H19N5O2/c1-11-3-6-16(22-14(11)7-8-19-2)23-17-9-15(21-12-4-5-12)13(10-20-17)18(24)25/h3,6-10,12H,2,4-5H2,1H3,(H,24,25)(H2,20,21,22,23)/b8-7-. The Labute approximate surface area is 145 Å². The number of hydrogen-bond acceptors (Lipinski definition) is 6. The molecule has 1 saturated carbocycles. The van der Waals surface area contributed by atoms with Crippen LogP contribution in [0.25, 0.3) is 6.08 Å². The Morgan fingerprint density at radius 3 is 2.88 bits per heavy atom. The van der Waals surface area contributed by atoms with Crippen LogP contribution < -0.4 is 10.6 Å². The maximum Gasteiger partial charge on any atom is 0.339 e. The van der Waals surface area contributed by atoms with E-state index in [9.17, 15) is 9.90 Å². The number of nitrogens with one attached hydrogen (secondary N) is 2. The molecule has 0 aromatic carbocycles. The number of aliphatic imine (C=N–C) groups is 1. The summed E-state index contributed by atoms with van der Waals surface area (Å²) in [5.41, 5.74) is 2.51. The van der Waals surface area contributed by atoms with E-state index >= 15 is 0 Å². The number of carboxylic acids is 1. The maximum absolute atomic E-state index is 11.3. The second kappa shape index (κ2) is 7.12. The van der Waals surface area contributed by atoms with Crippen LogP contribution in [0.3, 0.4) is 0 Å². The van der Waals surface area contributed by atoms with Crippen LogP contribution in [0, 0.1) is 6.92 Å². The number of aromatic carboxylic acids is 1. The smallest absolute Gasteiger partial charge is 0.339 e. The molecule has 0 atom stereocenters. The predicted molar refractivity (Wildman–Crippen MR) is 98.7 cm³/mol. The minimum Gasteiger partial charge on any atom is -0.478 e. The summed E-state index contributed by atoms with van der Waals surface area (Å²) in [7, 11) is 0. The molecule has 0 spiro atoms. The molecule has 1 aliphatic rings. The summed E-state index contributed by atoms with van der Waals surface area (Å²) in [6.07, 6.45) is 6.81. The molecule has 3 N–H and O–H groups in total. The molecule has 1 fully saturated rings. The van der Waals surface area contributed by atoms with Gasteiger partial charge in [0.15, 0.2) is 0 Å². The van der Waals surface area contributed by atoms with Crippen LogP contribution in [-0.4, -0.2) is 33.8 Å². The predicted octanol–water partition coefficient (Wildman–Crippen LogP) is 3.47. The average Bonchev–Trinajstić information content (AvgIpc) is 3.39. The first-order valence-corrected chi connectivity index (χ1v) is 7.94. The van der Waals surface area contributed by atoms with Gasteiger partial charge in [0.2, 0.25) is 0 Å². The Hall–Kier alpha value is -3.22. The van der Waals surface area contributed by atoms with Gasteiger partial charge in [-0.2, -0.15) is 0 Å². The minimum absolute atomic E-state index is 0.162. The van der Waals surface area contributed by atoms with Crippen LogP contribution in [0.5, 0.6) is 0 Å². The third kappa shape index (κ3) is 4.20. The molecule has 0 aliphatic heterocycles. The molecule has 25 heavy (non-hydrogen) atoms. The Morgan fingerprint density at radius 2 is 2.20 bits per heavy atom. The second-order valence-corrected chi connectivity index (χ2v) is 5.86. The van der Waals surface area contributed by atoms with E-state index in [4.69, 9.17) is 0 Å². The molecule has 2 aromatic heterocycles. The van der Waals surface area contributed by atoms with E-state index in [-0.39, 0.29) is 5.56 Å². The van der Waals surface area contributed by atoms with E-state index < -0.39 is 5.97 Å². The van der Waals surface area contributed by atoms with Gasteiger partial charge in [0, 0.05) is 24.5 Å². The van der Waals surface area contributed by atoms with Crippen LogP contribution >= 0.6 is 0 Å². The summed E-state index contributed by atoms with van der Waals surface area (Å²) in [6.45, 7) is 5.37. The SMILES string of the molecule is C=N/C=C\c1nc(Nc2cc(NC3CC3)c(C(=O)O)cn2)ccc1C. The van der Waals surface area contributed by atoms with Crippen molar-refractivity contribution in [2.75, 3.05) is 10.6 Å². The summed E-state index contributed by atoms with van der Waals surface area (Å²) in [6, 6.07) is 5.82. The minimum atomic E-state index is -1.000. The normalized spacial score (nSPS) is 13.6. The molecule has 0 saturated heterocycles. The summed E-state index contributed by atoms with van der Waals surface area (Å²) < 4.78 is 0. The van der Waals surface area contributed by atoms with Gasteiger partial charge in [-0.05, 0) is 44.2 Å². The van der Waals surface area contributed by atoms with Crippen LogP contribution in [0.15, 0.2) is 35.6 Å². The zero-order valence-corrected chi connectivity index (χ0v) is 13.9. The monoisotopic (exact) mass is 337 g/mol. The highest BCUT2D eigenvalue weighted by molar-refractivity contribution is 5.94. The fourth-order valence-corrected chi connectivity index (χ4v) is 2.30. The van der Waals surface area contributed by atoms with Crippen LogP contribution in [0.4, 0.5) is 17.3 Å². The van der Waals surface area contributed by atoms with E-state index in [0.29, 0.717) is 23.4 Å². The molecular weight excluding hydrogens is 318 g/mol. The molecule has 0 unspecified atom stereocenters. The molecule has 7 heteroatoms. The van der Waals surface area contributed by atoms with E-state index in [2.05, 4.69) is 32.3 Å². The van der Waals surface area contributed by atoms with Crippen molar-refractivity contribution >= 4 is 36.1 Å². The van der Waals surface area contributed by atoms with Gasteiger partial charge < -0.3 is 15.7 Å². The van der Waals surface area contributed by atoms with Crippen molar-refractivity contribution in [1.29, 1.82) is 0 Å². The van der Waals surface area contributed by atoms with Crippen molar-refractivity contribution < 1.29 is 9.90 Å². The Morgan fingerprint density at radius 1 is 1.40 bits per heavy atom. The zero-order valence-electron chi connectivity index (χ0n) is 13.9. The zero-order chi connectivity index (χ0) is 17.8. The lowest BCUT2D eigenvalue weighted by Gasteiger charge is -2.12. The molecule has 3 rings (SSSR count).